The number of nitrogens with two attached hydrogens (primary N) is 1. The molecule has 0 bridgehead atoms. The molecular weight excluding hydrogens is 370 g/mol. The van der Waals surface area contributed by atoms with E-state index in [1.807, 2.05) is 36.4 Å². The van der Waals surface area contributed by atoms with Crippen LogP contribution in [0.25, 0.3) is 22.5 Å². The number of anilines is 1. The van der Waals surface area contributed by atoms with Crippen LogP contribution in [0.1, 0.15) is 17.4 Å². The van der Waals surface area contributed by atoms with Crippen LogP contribution in [0.4, 0.5) is 5.82 Å². The first-order chi connectivity index (χ1) is 14.1. The fourth-order valence-electron chi connectivity index (χ4n) is 3.69. The molecule has 8 nitrogen and oxygen atoms in total. The van der Waals surface area contributed by atoms with E-state index in [1.54, 1.807) is 28.9 Å². The van der Waals surface area contributed by atoms with Crippen LogP contribution in [-0.4, -0.2) is 48.1 Å². The van der Waals surface area contributed by atoms with E-state index in [0.29, 0.717) is 17.0 Å². The number of hydrogen-bond donors (Lipinski definition) is 3. The van der Waals surface area contributed by atoms with Gasteiger partial charge in [-0.05, 0) is 29.8 Å². The molecule has 29 heavy (non-hydrogen) atoms. The lowest BCUT2D eigenvalue weighted by molar-refractivity contribution is 0.0168. The van der Waals surface area contributed by atoms with Crippen molar-refractivity contribution in [1.82, 2.24) is 19.6 Å². The highest BCUT2D eigenvalue weighted by Crippen LogP contribution is 2.35. The summed E-state index contributed by atoms with van der Waals surface area (Å²) in [7, 11) is 0. The Morgan fingerprint density at radius 2 is 1.97 bits per heavy atom. The molecule has 1 aliphatic heterocycles. The third-order valence-electron chi connectivity index (χ3n) is 5.21. The van der Waals surface area contributed by atoms with Crippen molar-refractivity contribution >= 4 is 28.3 Å². The zero-order valence-electron chi connectivity index (χ0n) is 15.3. The number of nitrogens with zero attached hydrogens (tertiary/aromatic N) is 4. The van der Waals surface area contributed by atoms with Gasteiger partial charge in [0, 0.05) is 11.6 Å². The van der Waals surface area contributed by atoms with E-state index in [1.165, 1.54) is 6.33 Å². The summed E-state index contributed by atoms with van der Waals surface area (Å²) in [5.41, 5.74) is 8.91. The summed E-state index contributed by atoms with van der Waals surface area (Å²) >= 11 is 0. The Kier molecular flexibility index (Phi) is 4.24. The molecule has 4 atom stereocenters. The Morgan fingerprint density at radius 3 is 2.86 bits per heavy atom. The summed E-state index contributed by atoms with van der Waals surface area (Å²) in [6.45, 7) is 0. The van der Waals surface area contributed by atoms with Gasteiger partial charge in [-0.2, -0.15) is 5.10 Å². The lowest BCUT2D eigenvalue weighted by Crippen LogP contribution is -2.29. The molecule has 0 unspecified atom stereocenters. The zero-order chi connectivity index (χ0) is 20.0. The van der Waals surface area contributed by atoms with Crippen LogP contribution in [0.15, 0.2) is 61.1 Å². The van der Waals surface area contributed by atoms with E-state index < -0.39 is 24.4 Å². The standard InChI is InChI=1S/C21H19N5O3/c22-21-16-7-6-15(26(16)25-11-24-21)20-19(28)18(27)17(29-20)8-4-12-3-5-13-2-1-9-23-14(13)10-12/h1-11,17-20,27-28H,(H2,22,24,25)/b8-4+/t17-,18-,19-,20+/m1/s1. The summed E-state index contributed by atoms with van der Waals surface area (Å²) in [6, 6.07) is 13.3. The molecule has 0 aliphatic carbocycles. The van der Waals surface area contributed by atoms with Gasteiger partial charge >= 0.3 is 0 Å². The third kappa shape index (κ3) is 3.03. The summed E-state index contributed by atoms with van der Waals surface area (Å²) in [5, 5.41) is 26.3. The lowest BCUT2D eigenvalue weighted by atomic mass is 10.0. The van der Waals surface area contributed by atoms with Gasteiger partial charge in [-0.3, -0.25) is 4.98 Å². The number of hydrogen-bond acceptors (Lipinski definition) is 7. The van der Waals surface area contributed by atoms with Crippen LogP contribution >= 0.6 is 0 Å². The Morgan fingerprint density at radius 1 is 1.07 bits per heavy atom. The van der Waals surface area contributed by atoms with E-state index >= 15 is 0 Å². The average Bonchev–Trinajstić information content (AvgIpc) is 3.29. The van der Waals surface area contributed by atoms with Gasteiger partial charge in [-0.25, -0.2) is 9.50 Å². The molecule has 1 fully saturated rings. The molecular formula is C21H19N5O3. The summed E-state index contributed by atoms with van der Waals surface area (Å²) < 4.78 is 7.54. The number of ether oxygens (including phenoxy) is 1. The zero-order valence-corrected chi connectivity index (χ0v) is 15.3. The molecule has 1 aromatic carbocycles. The van der Waals surface area contributed by atoms with Crippen LogP contribution in [0.2, 0.25) is 0 Å². The van der Waals surface area contributed by atoms with Gasteiger partial charge in [0.25, 0.3) is 0 Å². The molecule has 4 N–H and O–H groups in total. The van der Waals surface area contributed by atoms with Gasteiger partial charge in [0.15, 0.2) is 5.82 Å². The highest BCUT2D eigenvalue weighted by Gasteiger charge is 2.43. The van der Waals surface area contributed by atoms with E-state index in [2.05, 4.69) is 15.1 Å². The second kappa shape index (κ2) is 6.93. The molecule has 3 aromatic heterocycles. The minimum absolute atomic E-state index is 0.334. The minimum atomic E-state index is -1.10. The molecule has 146 valence electrons. The van der Waals surface area contributed by atoms with Crippen molar-refractivity contribution in [3.05, 3.63) is 72.3 Å². The lowest BCUT2D eigenvalue weighted by Gasteiger charge is -2.14. The highest BCUT2D eigenvalue weighted by molar-refractivity contribution is 5.80. The second-order valence-corrected chi connectivity index (χ2v) is 7.02. The smallest absolute Gasteiger partial charge is 0.151 e. The van der Waals surface area contributed by atoms with Crippen molar-refractivity contribution in [2.24, 2.45) is 0 Å². The number of aromatic nitrogens is 4. The summed E-state index contributed by atoms with van der Waals surface area (Å²) in [4.78, 5) is 8.31. The number of fused-ring (bicyclic) bond motifs is 2. The van der Waals surface area contributed by atoms with Crippen molar-refractivity contribution < 1.29 is 14.9 Å². The number of rotatable bonds is 3. The van der Waals surface area contributed by atoms with Crippen LogP contribution in [-0.2, 0) is 4.74 Å². The predicted molar refractivity (Wildman–Crippen MR) is 108 cm³/mol. The first-order valence-electron chi connectivity index (χ1n) is 9.24. The molecule has 8 heteroatoms. The molecule has 0 radical (unpaired) electrons. The fourth-order valence-corrected chi connectivity index (χ4v) is 3.69. The topological polar surface area (TPSA) is 119 Å². The molecule has 1 saturated heterocycles. The average molecular weight is 389 g/mol. The number of aliphatic hydroxyl groups is 2. The van der Waals surface area contributed by atoms with Gasteiger partial charge in [-0.1, -0.05) is 30.4 Å². The van der Waals surface area contributed by atoms with E-state index in [9.17, 15) is 10.2 Å². The van der Waals surface area contributed by atoms with Crippen molar-refractivity contribution in [3.63, 3.8) is 0 Å². The maximum absolute atomic E-state index is 10.6. The number of nitrogen functional groups attached to an aromatic ring is 1. The van der Waals surface area contributed by atoms with Crippen LogP contribution in [0.5, 0.6) is 0 Å². The SMILES string of the molecule is Nc1ncnn2c([C@@H]3O[C@H](/C=C/c4ccc5cccnc5c4)[C@@H](O)[C@H]3O)ccc12. The first-order valence-corrected chi connectivity index (χ1v) is 9.24. The van der Waals surface area contributed by atoms with Gasteiger partial charge < -0.3 is 20.7 Å². The fraction of sp³-hybridized carbons (Fsp3) is 0.190. The maximum atomic E-state index is 10.6. The molecule has 5 rings (SSSR count). The highest BCUT2D eigenvalue weighted by atomic mass is 16.5. The summed E-state index contributed by atoms with van der Waals surface area (Å²) in [6.07, 6.45) is 3.11. The second-order valence-electron chi connectivity index (χ2n) is 7.02. The third-order valence-corrected chi connectivity index (χ3v) is 5.21. The Hall–Kier alpha value is -3.33. The molecule has 1 aliphatic rings. The first kappa shape index (κ1) is 17.7. The predicted octanol–water partition coefficient (Wildman–Crippen LogP) is 1.73. The Labute approximate surface area is 165 Å². The summed E-state index contributed by atoms with van der Waals surface area (Å²) in [5.74, 6) is 0.334. The molecule has 4 aromatic rings. The largest absolute Gasteiger partial charge is 0.387 e. The van der Waals surface area contributed by atoms with E-state index in [4.69, 9.17) is 10.5 Å². The van der Waals surface area contributed by atoms with Crippen LogP contribution in [0, 0.1) is 0 Å². The molecule has 0 saturated carbocycles. The monoisotopic (exact) mass is 389 g/mol. The van der Waals surface area contributed by atoms with Crippen molar-refractivity contribution in [3.8, 4) is 0 Å². The van der Waals surface area contributed by atoms with Crippen molar-refractivity contribution in [1.29, 1.82) is 0 Å². The number of pyridine rings is 1. The molecule has 0 amide bonds. The van der Waals surface area contributed by atoms with Crippen molar-refractivity contribution in [2.75, 3.05) is 5.73 Å². The van der Waals surface area contributed by atoms with Crippen LogP contribution in [0.3, 0.4) is 0 Å². The Balaban J connectivity index is 1.41. The van der Waals surface area contributed by atoms with Crippen molar-refractivity contribution in [2.45, 2.75) is 24.4 Å². The minimum Gasteiger partial charge on any atom is -0.387 e. The van der Waals surface area contributed by atoms with Gasteiger partial charge in [0.1, 0.15) is 36.3 Å². The Bertz CT molecular complexity index is 1220. The van der Waals surface area contributed by atoms with Gasteiger partial charge in [0.05, 0.1) is 11.2 Å². The maximum Gasteiger partial charge on any atom is 0.151 e. The van der Waals surface area contributed by atoms with Gasteiger partial charge in [0.2, 0.25) is 0 Å². The number of benzene rings is 1. The normalized spacial score (nSPS) is 24.8. The quantitative estimate of drug-likeness (QED) is 0.488. The van der Waals surface area contributed by atoms with Gasteiger partial charge in [-0.15, -0.1) is 0 Å². The number of aliphatic hydroxyl groups excluding tert-OH is 2. The van der Waals surface area contributed by atoms with E-state index in [-0.39, 0.29) is 0 Å². The van der Waals surface area contributed by atoms with E-state index in [0.717, 1.165) is 16.5 Å². The molecule has 0 spiro atoms. The van der Waals surface area contributed by atoms with Crippen LogP contribution < -0.4 is 5.73 Å². The molecule has 4 heterocycles.